The molecule has 1 atom stereocenters. The van der Waals surface area contributed by atoms with Crippen molar-refractivity contribution in [2.24, 2.45) is 7.05 Å². The Morgan fingerprint density at radius 2 is 2.33 bits per heavy atom. The van der Waals surface area contributed by atoms with Gasteiger partial charge in [-0.25, -0.2) is 4.79 Å². The molecule has 98 valence electrons. The molecule has 0 saturated heterocycles. The zero-order valence-corrected chi connectivity index (χ0v) is 10.5. The van der Waals surface area contributed by atoms with Crippen LogP contribution in [-0.4, -0.2) is 32.8 Å². The number of amides is 1. The molecule has 0 saturated carbocycles. The summed E-state index contributed by atoms with van der Waals surface area (Å²) >= 11 is 0. The third-order valence-electron chi connectivity index (χ3n) is 2.46. The molecule has 0 aliphatic rings. The molecule has 2 N–H and O–H groups in total. The minimum Gasteiger partial charge on any atom is -0.480 e. The highest BCUT2D eigenvalue weighted by molar-refractivity contribution is 5.94. The van der Waals surface area contributed by atoms with Crippen LogP contribution in [0.1, 0.15) is 25.5 Å². The van der Waals surface area contributed by atoms with Crippen LogP contribution in [0.4, 0.5) is 0 Å². The van der Waals surface area contributed by atoms with Gasteiger partial charge in [-0.2, -0.15) is 5.10 Å². The average molecular weight is 251 g/mol. The van der Waals surface area contributed by atoms with E-state index in [9.17, 15) is 9.59 Å². The van der Waals surface area contributed by atoms with Crippen molar-refractivity contribution in [1.29, 1.82) is 0 Å². The van der Waals surface area contributed by atoms with Gasteiger partial charge in [0.15, 0.2) is 0 Å². The topological polar surface area (TPSA) is 84.2 Å². The van der Waals surface area contributed by atoms with Gasteiger partial charge in [0.1, 0.15) is 6.04 Å². The van der Waals surface area contributed by atoms with Crippen LogP contribution in [0.2, 0.25) is 0 Å². The number of hydrogen-bond donors (Lipinski definition) is 2. The van der Waals surface area contributed by atoms with Crippen molar-refractivity contribution in [3.8, 4) is 0 Å². The van der Waals surface area contributed by atoms with E-state index in [2.05, 4.69) is 10.4 Å². The summed E-state index contributed by atoms with van der Waals surface area (Å²) < 4.78 is 1.62. The van der Waals surface area contributed by atoms with Crippen LogP contribution in [0.25, 0.3) is 6.08 Å². The highest BCUT2D eigenvalue weighted by Crippen LogP contribution is 2.00. The smallest absolute Gasteiger partial charge is 0.326 e. The molecule has 0 fully saturated rings. The van der Waals surface area contributed by atoms with Crippen LogP contribution in [-0.2, 0) is 16.6 Å². The molecule has 6 heteroatoms. The third kappa shape index (κ3) is 4.04. The molecule has 0 aliphatic carbocycles. The molecule has 6 nitrogen and oxygen atoms in total. The number of aromatic nitrogens is 2. The molecular formula is C12H17N3O3. The van der Waals surface area contributed by atoms with Crippen LogP contribution in [0.3, 0.4) is 0 Å². The Labute approximate surface area is 105 Å². The Bertz CT molecular complexity index is 451. The lowest BCUT2D eigenvalue weighted by atomic mass is 10.1. The first-order valence-corrected chi connectivity index (χ1v) is 5.74. The van der Waals surface area contributed by atoms with E-state index >= 15 is 0 Å². The summed E-state index contributed by atoms with van der Waals surface area (Å²) in [6.07, 6.45) is 5.63. The first kappa shape index (κ1) is 14.0. The zero-order chi connectivity index (χ0) is 13.5. The van der Waals surface area contributed by atoms with Crippen molar-refractivity contribution in [3.05, 3.63) is 24.0 Å². The lowest BCUT2D eigenvalue weighted by Crippen LogP contribution is -2.39. The van der Waals surface area contributed by atoms with E-state index in [0.717, 1.165) is 5.69 Å². The fourth-order valence-electron chi connectivity index (χ4n) is 1.47. The summed E-state index contributed by atoms with van der Waals surface area (Å²) in [6.45, 7) is 1.87. The summed E-state index contributed by atoms with van der Waals surface area (Å²) in [4.78, 5) is 22.4. The number of carbonyl (C=O) groups excluding carboxylic acids is 1. The van der Waals surface area contributed by atoms with Gasteiger partial charge in [-0.05, 0) is 18.6 Å². The van der Waals surface area contributed by atoms with Crippen molar-refractivity contribution in [1.82, 2.24) is 15.1 Å². The summed E-state index contributed by atoms with van der Waals surface area (Å²) in [6, 6.07) is 0.920. The quantitative estimate of drug-likeness (QED) is 0.732. The van der Waals surface area contributed by atoms with Gasteiger partial charge in [0, 0.05) is 19.3 Å². The Hall–Kier alpha value is -2.11. The van der Waals surface area contributed by atoms with Gasteiger partial charge in [0.25, 0.3) is 0 Å². The molecule has 1 aromatic heterocycles. The number of hydrogen-bond acceptors (Lipinski definition) is 3. The highest BCUT2D eigenvalue weighted by atomic mass is 16.4. The van der Waals surface area contributed by atoms with Crippen LogP contribution in [0.5, 0.6) is 0 Å². The number of nitrogens with zero attached hydrogens (tertiary/aromatic N) is 2. The Morgan fingerprint density at radius 1 is 1.61 bits per heavy atom. The van der Waals surface area contributed by atoms with E-state index in [4.69, 9.17) is 5.11 Å². The van der Waals surface area contributed by atoms with Gasteiger partial charge >= 0.3 is 5.97 Å². The molecule has 0 spiro atoms. The second-order valence-corrected chi connectivity index (χ2v) is 3.90. The SMILES string of the molecule is CCCC(NC(=O)/C=C/c1ccnn1C)C(=O)O. The summed E-state index contributed by atoms with van der Waals surface area (Å²) in [7, 11) is 1.76. The predicted molar refractivity (Wildman–Crippen MR) is 66.7 cm³/mol. The number of carboxylic acids is 1. The van der Waals surface area contributed by atoms with E-state index in [1.165, 1.54) is 6.08 Å². The molecule has 18 heavy (non-hydrogen) atoms. The number of carbonyl (C=O) groups is 2. The molecule has 0 aliphatic heterocycles. The zero-order valence-electron chi connectivity index (χ0n) is 10.5. The maximum atomic E-state index is 11.5. The van der Waals surface area contributed by atoms with Gasteiger partial charge < -0.3 is 10.4 Å². The molecular weight excluding hydrogens is 234 g/mol. The molecule has 0 aromatic carbocycles. The fraction of sp³-hybridized carbons (Fsp3) is 0.417. The standard InChI is InChI=1S/C12H17N3O3/c1-3-4-10(12(17)18)14-11(16)6-5-9-7-8-13-15(9)2/h5-8,10H,3-4H2,1-2H3,(H,14,16)(H,17,18)/b6-5+. The van der Waals surface area contributed by atoms with Crippen molar-refractivity contribution in [2.45, 2.75) is 25.8 Å². The van der Waals surface area contributed by atoms with Gasteiger partial charge in [-0.3, -0.25) is 9.48 Å². The molecule has 0 radical (unpaired) electrons. The molecule has 1 rings (SSSR count). The minimum atomic E-state index is -1.01. The first-order chi connectivity index (χ1) is 8.54. The maximum Gasteiger partial charge on any atom is 0.326 e. The molecule has 1 unspecified atom stereocenters. The van der Waals surface area contributed by atoms with Gasteiger partial charge in [0.05, 0.1) is 5.69 Å². The van der Waals surface area contributed by atoms with Crippen molar-refractivity contribution in [2.75, 3.05) is 0 Å². The minimum absolute atomic E-state index is 0.417. The molecule has 1 amide bonds. The summed E-state index contributed by atoms with van der Waals surface area (Å²) in [5, 5.41) is 15.3. The second kappa shape index (κ2) is 6.58. The number of aliphatic carboxylic acids is 1. The molecule has 1 heterocycles. The lowest BCUT2D eigenvalue weighted by molar-refractivity contribution is -0.141. The Kier molecular flexibility index (Phi) is 5.10. The largest absolute Gasteiger partial charge is 0.480 e. The maximum absolute atomic E-state index is 11.5. The van der Waals surface area contributed by atoms with E-state index in [0.29, 0.717) is 12.8 Å². The predicted octanol–water partition coefficient (Wildman–Crippen LogP) is 0.803. The highest BCUT2D eigenvalue weighted by Gasteiger charge is 2.17. The monoisotopic (exact) mass is 251 g/mol. The summed E-state index contributed by atoms with van der Waals surface area (Å²) in [5.74, 6) is -1.43. The Balaban J connectivity index is 2.58. The van der Waals surface area contributed by atoms with E-state index in [1.54, 1.807) is 30.1 Å². The number of nitrogens with one attached hydrogen (secondary N) is 1. The van der Waals surface area contributed by atoms with Crippen molar-refractivity contribution >= 4 is 18.0 Å². The lowest BCUT2D eigenvalue weighted by Gasteiger charge is -2.11. The Morgan fingerprint density at radius 3 is 2.83 bits per heavy atom. The fourth-order valence-corrected chi connectivity index (χ4v) is 1.47. The van der Waals surface area contributed by atoms with Crippen molar-refractivity contribution in [3.63, 3.8) is 0 Å². The number of rotatable bonds is 6. The van der Waals surface area contributed by atoms with E-state index in [-0.39, 0.29) is 0 Å². The van der Waals surface area contributed by atoms with E-state index in [1.807, 2.05) is 6.92 Å². The van der Waals surface area contributed by atoms with Crippen LogP contribution >= 0.6 is 0 Å². The van der Waals surface area contributed by atoms with Gasteiger partial charge in [0.2, 0.25) is 5.91 Å². The number of aryl methyl sites for hydroxylation is 1. The van der Waals surface area contributed by atoms with Crippen LogP contribution in [0, 0.1) is 0 Å². The second-order valence-electron chi connectivity index (χ2n) is 3.90. The van der Waals surface area contributed by atoms with Crippen LogP contribution in [0.15, 0.2) is 18.3 Å². The van der Waals surface area contributed by atoms with Gasteiger partial charge in [-0.15, -0.1) is 0 Å². The van der Waals surface area contributed by atoms with E-state index < -0.39 is 17.9 Å². The van der Waals surface area contributed by atoms with Crippen LogP contribution < -0.4 is 5.32 Å². The summed E-state index contributed by atoms with van der Waals surface area (Å²) in [5.41, 5.74) is 0.771. The number of carboxylic acid groups (broad SMARTS) is 1. The third-order valence-corrected chi connectivity index (χ3v) is 2.46. The first-order valence-electron chi connectivity index (χ1n) is 5.74. The average Bonchev–Trinajstić information content (AvgIpc) is 2.71. The normalized spacial score (nSPS) is 12.6. The van der Waals surface area contributed by atoms with Gasteiger partial charge in [-0.1, -0.05) is 13.3 Å². The molecule has 0 bridgehead atoms. The molecule has 1 aromatic rings. The van der Waals surface area contributed by atoms with Crippen molar-refractivity contribution < 1.29 is 14.7 Å².